The van der Waals surface area contributed by atoms with Gasteiger partial charge in [0, 0.05) is 4.88 Å². The first-order chi connectivity index (χ1) is 7.07. The minimum absolute atomic E-state index is 1.14. The molecule has 1 aromatic carbocycles. The maximum absolute atomic E-state index is 2.38. The van der Waals surface area contributed by atoms with Crippen LogP contribution in [0.1, 0.15) is 0 Å². The quantitative estimate of drug-likeness (QED) is 0.688. The summed E-state index contributed by atoms with van der Waals surface area (Å²) in [6, 6.07) is 13.4. The molecule has 2 aromatic rings. The minimum atomic E-state index is -1.14. The molecule has 0 radical (unpaired) electrons. The molecule has 0 N–H and O–H groups in total. The topological polar surface area (TPSA) is 0 Å². The van der Waals surface area contributed by atoms with Crippen LogP contribution in [-0.4, -0.2) is 8.07 Å². The predicted octanol–water partition coefficient (Wildman–Crippen LogP) is 3.96. The average molecular weight is 232 g/mol. The minimum Gasteiger partial charge on any atom is -0.144 e. The zero-order chi connectivity index (χ0) is 10.9. The number of rotatable bonds is 2. The lowest BCUT2D eigenvalue weighted by Gasteiger charge is -2.16. The van der Waals surface area contributed by atoms with Crippen molar-refractivity contribution in [3.63, 3.8) is 0 Å². The third-order valence-electron chi connectivity index (χ3n) is 2.56. The molecule has 0 aliphatic heterocycles. The molecule has 2 heteroatoms. The molecule has 2 rings (SSSR count). The predicted molar refractivity (Wildman–Crippen MR) is 72.7 cm³/mol. The third-order valence-corrected chi connectivity index (χ3v) is 5.54. The van der Waals surface area contributed by atoms with Gasteiger partial charge in [0.15, 0.2) is 0 Å². The number of hydrogen-bond donors (Lipinski definition) is 0. The summed E-state index contributed by atoms with van der Waals surface area (Å²) >= 11 is 1.80. The van der Waals surface area contributed by atoms with Crippen LogP contribution in [-0.2, 0) is 0 Å². The number of benzene rings is 1. The van der Waals surface area contributed by atoms with Gasteiger partial charge in [-0.2, -0.15) is 0 Å². The normalized spacial score (nSPS) is 11.7. The Balaban J connectivity index is 2.33. The van der Waals surface area contributed by atoms with Crippen LogP contribution in [0.3, 0.4) is 0 Å². The van der Waals surface area contributed by atoms with Crippen molar-refractivity contribution in [1.29, 1.82) is 0 Å². The van der Waals surface area contributed by atoms with Gasteiger partial charge in [-0.05, 0) is 17.0 Å². The van der Waals surface area contributed by atoms with Crippen LogP contribution in [0.4, 0.5) is 0 Å². The third kappa shape index (κ3) is 2.39. The van der Waals surface area contributed by atoms with E-state index >= 15 is 0 Å². The molecular formula is C13H16SSi. The molecule has 0 fully saturated rings. The maximum atomic E-state index is 2.38. The van der Waals surface area contributed by atoms with Gasteiger partial charge >= 0.3 is 0 Å². The Morgan fingerprint density at radius 2 is 1.60 bits per heavy atom. The zero-order valence-electron chi connectivity index (χ0n) is 9.45. The summed E-state index contributed by atoms with van der Waals surface area (Å²) < 4.78 is 0. The number of thiophene rings is 1. The van der Waals surface area contributed by atoms with Gasteiger partial charge in [-0.1, -0.05) is 55.2 Å². The van der Waals surface area contributed by atoms with Crippen LogP contribution in [0.2, 0.25) is 19.6 Å². The molecule has 0 aliphatic carbocycles. The van der Waals surface area contributed by atoms with E-state index in [1.807, 2.05) is 0 Å². The lowest BCUT2D eigenvalue weighted by molar-refractivity contribution is 1.67. The fourth-order valence-corrected chi connectivity index (χ4v) is 3.48. The Bertz CT molecular complexity index is 421. The van der Waals surface area contributed by atoms with Gasteiger partial charge in [0.05, 0.1) is 8.07 Å². The van der Waals surface area contributed by atoms with Crippen LogP contribution >= 0.6 is 11.3 Å². The highest BCUT2D eigenvalue weighted by molar-refractivity contribution is 7.13. The van der Waals surface area contributed by atoms with Gasteiger partial charge < -0.3 is 0 Å². The van der Waals surface area contributed by atoms with E-state index in [0.717, 1.165) is 0 Å². The highest BCUT2D eigenvalue weighted by Gasteiger charge is 2.15. The summed E-state index contributed by atoms with van der Waals surface area (Å²) in [7, 11) is -1.14. The molecule has 0 saturated heterocycles. The van der Waals surface area contributed by atoms with Crippen LogP contribution in [0.5, 0.6) is 0 Å². The summed E-state index contributed by atoms with van der Waals surface area (Å²) in [4.78, 5) is 1.36. The fourth-order valence-electron chi connectivity index (χ4n) is 1.58. The van der Waals surface area contributed by atoms with Crippen molar-refractivity contribution in [3.8, 4) is 10.4 Å². The SMILES string of the molecule is C[Si](C)(C)c1ccc(-c2cccs2)cc1. The van der Waals surface area contributed by atoms with E-state index in [9.17, 15) is 0 Å². The molecule has 0 spiro atoms. The highest BCUT2D eigenvalue weighted by Crippen LogP contribution is 2.23. The molecule has 0 bridgehead atoms. The average Bonchev–Trinajstić information content (AvgIpc) is 2.69. The Kier molecular flexibility index (Phi) is 2.80. The molecule has 15 heavy (non-hydrogen) atoms. The Hall–Kier alpha value is -0.863. The second kappa shape index (κ2) is 3.95. The molecule has 1 aromatic heterocycles. The van der Waals surface area contributed by atoms with Crippen molar-refractivity contribution >= 4 is 24.6 Å². The van der Waals surface area contributed by atoms with Crippen molar-refractivity contribution in [2.75, 3.05) is 0 Å². The zero-order valence-corrected chi connectivity index (χ0v) is 11.3. The van der Waals surface area contributed by atoms with Crippen molar-refractivity contribution in [2.24, 2.45) is 0 Å². The molecule has 1 heterocycles. The van der Waals surface area contributed by atoms with Gasteiger partial charge in [-0.3, -0.25) is 0 Å². The smallest absolute Gasteiger partial charge is 0.0775 e. The summed E-state index contributed by atoms with van der Waals surface area (Å²) in [6.45, 7) is 7.15. The highest BCUT2D eigenvalue weighted by atomic mass is 32.1. The van der Waals surface area contributed by atoms with Gasteiger partial charge in [0.25, 0.3) is 0 Å². The summed E-state index contributed by atoms with van der Waals surface area (Å²) in [6.07, 6.45) is 0. The standard InChI is InChI=1S/C13H16SSi/c1-15(2,3)12-8-6-11(7-9-12)13-5-4-10-14-13/h4-10H,1-3H3. The van der Waals surface area contributed by atoms with Crippen molar-refractivity contribution < 1.29 is 0 Å². The van der Waals surface area contributed by atoms with Crippen molar-refractivity contribution in [1.82, 2.24) is 0 Å². The van der Waals surface area contributed by atoms with E-state index in [0.29, 0.717) is 0 Å². The molecule has 78 valence electrons. The fraction of sp³-hybridized carbons (Fsp3) is 0.231. The Morgan fingerprint density at radius 3 is 2.07 bits per heavy atom. The van der Waals surface area contributed by atoms with Gasteiger partial charge in [0.2, 0.25) is 0 Å². The Morgan fingerprint density at radius 1 is 0.933 bits per heavy atom. The molecule has 0 atom stereocenters. The number of hydrogen-bond acceptors (Lipinski definition) is 1. The lowest BCUT2D eigenvalue weighted by atomic mass is 10.2. The van der Waals surface area contributed by atoms with E-state index in [4.69, 9.17) is 0 Å². The second-order valence-electron chi connectivity index (χ2n) is 4.80. The lowest BCUT2D eigenvalue weighted by Crippen LogP contribution is -2.37. The van der Waals surface area contributed by atoms with Gasteiger partial charge in [-0.15, -0.1) is 11.3 Å². The first-order valence-corrected chi connectivity index (χ1v) is 9.60. The van der Waals surface area contributed by atoms with Crippen molar-refractivity contribution in [2.45, 2.75) is 19.6 Å². The van der Waals surface area contributed by atoms with E-state index in [2.05, 4.69) is 61.4 Å². The van der Waals surface area contributed by atoms with Crippen LogP contribution in [0.15, 0.2) is 41.8 Å². The summed E-state index contributed by atoms with van der Waals surface area (Å²) in [5.41, 5.74) is 1.34. The molecule has 0 saturated carbocycles. The van der Waals surface area contributed by atoms with Crippen LogP contribution < -0.4 is 5.19 Å². The summed E-state index contributed by atoms with van der Waals surface area (Å²) in [5.74, 6) is 0. The first kappa shape index (κ1) is 10.6. The van der Waals surface area contributed by atoms with Gasteiger partial charge in [-0.25, -0.2) is 0 Å². The molecule has 0 amide bonds. The largest absolute Gasteiger partial charge is 0.144 e. The monoisotopic (exact) mass is 232 g/mol. The van der Waals surface area contributed by atoms with Crippen LogP contribution in [0, 0.1) is 0 Å². The van der Waals surface area contributed by atoms with Crippen LogP contribution in [0.25, 0.3) is 10.4 Å². The molecular weight excluding hydrogens is 216 g/mol. The molecule has 0 aliphatic rings. The first-order valence-electron chi connectivity index (χ1n) is 5.22. The second-order valence-corrected chi connectivity index (χ2v) is 10.8. The van der Waals surface area contributed by atoms with E-state index in [1.54, 1.807) is 11.3 Å². The summed E-state index contributed by atoms with van der Waals surface area (Å²) in [5, 5.41) is 3.66. The molecule has 0 unspecified atom stereocenters. The Labute approximate surface area is 96.6 Å². The maximum Gasteiger partial charge on any atom is 0.0775 e. The van der Waals surface area contributed by atoms with E-state index in [-0.39, 0.29) is 0 Å². The van der Waals surface area contributed by atoms with E-state index in [1.165, 1.54) is 15.6 Å². The van der Waals surface area contributed by atoms with E-state index < -0.39 is 8.07 Å². The molecule has 0 nitrogen and oxygen atoms in total. The van der Waals surface area contributed by atoms with Crippen molar-refractivity contribution in [3.05, 3.63) is 41.8 Å². The van der Waals surface area contributed by atoms with Gasteiger partial charge in [0.1, 0.15) is 0 Å².